The van der Waals surface area contributed by atoms with Crippen LogP contribution in [0, 0.1) is 6.92 Å². The van der Waals surface area contributed by atoms with Crippen molar-refractivity contribution in [2.45, 2.75) is 13.5 Å². The summed E-state index contributed by atoms with van der Waals surface area (Å²) in [6, 6.07) is 12.1. The molecular formula is C22H26N6OS. The van der Waals surface area contributed by atoms with Gasteiger partial charge < -0.3 is 14.8 Å². The Morgan fingerprint density at radius 2 is 1.97 bits per heavy atom. The second-order valence-corrected chi connectivity index (χ2v) is 8.72. The van der Waals surface area contributed by atoms with E-state index in [0.717, 1.165) is 44.4 Å². The quantitative estimate of drug-likeness (QED) is 0.495. The Kier molecular flexibility index (Phi) is 5.69. The summed E-state index contributed by atoms with van der Waals surface area (Å²) in [5.41, 5.74) is 2.90. The van der Waals surface area contributed by atoms with Crippen LogP contribution in [-0.2, 0) is 13.6 Å². The number of aromatic amines is 1. The molecule has 0 unspecified atom stereocenters. The van der Waals surface area contributed by atoms with Gasteiger partial charge >= 0.3 is 0 Å². The van der Waals surface area contributed by atoms with Crippen LogP contribution >= 0.6 is 11.3 Å². The average Bonchev–Trinajstić information content (AvgIpc) is 3.42. The van der Waals surface area contributed by atoms with Crippen LogP contribution in [0.2, 0.25) is 0 Å². The lowest BCUT2D eigenvalue weighted by Crippen LogP contribution is -2.36. The van der Waals surface area contributed by atoms with Gasteiger partial charge in [0.15, 0.2) is 0 Å². The highest BCUT2D eigenvalue weighted by Gasteiger charge is 2.22. The van der Waals surface area contributed by atoms with E-state index in [9.17, 15) is 4.79 Å². The molecule has 0 saturated heterocycles. The third-order valence-corrected chi connectivity index (χ3v) is 6.18. The highest BCUT2D eigenvalue weighted by molar-refractivity contribution is 7.20. The number of hydrogen-bond donors (Lipinski definition) is 1. The van der Waals surface area contributed by atoms with Crippen molar-refractivity contribution < 1.29 is 4.79 Å². The molecule has 156 valence electrons. The van der Waals surface area contributed by atoms with Crippen LogP contribution in [-0.4, -0.2) is 62.6 Å². The first-order valence-corrected chi connectivity index (χ1v) is 10.7. The minimum absolute atomic E-state index is 0.0318. The molecule has 0 spiro atoms. The average molecular weight is 423 g/mol. The van der Waals surface area contributed by atoms with Crippen LogP contribution in [0.5, 0.6) is 0 Å². The van der Waals surface area contributed by atoms with Gasteiger partial charge in [-0.05, 0) is 27.1 Å². The van der Waals surface area contributed by atoms with Crippen molar-refractivity contribution in [3.63, 3.8) is 0 Å². The van der Waals surface area contributed by atoms with Crippen molar-refractivity contribution in [1.29, 1.82) is 0 Å². The maximum Gasteiger partial charge on any atom is 0.264 e. The monoisotopic (exact) mass is 422 g/mol. The van der Waals surface area contributed by atoms with Crippen LogP contribution < -0.4 is 0 Å². The zero-order valence-electron chi connectivity index (χ0n) is 17.7. The molecule has 4 aromatic rings. The lowest BCUT2D eigenvalue weighted by atomic mass is 10.1. The number of amides is 1. The summed E-state index contributed by atoms with van der Waals surface area (Å²) in [5.74, 6) is 0.884. The standard InChI is InChI=1S/C22H26N6OS/c1-15-23-13-17(24-15)14-28(11-10-26(2)3)21(29)19-12-18-20(16-8-6-5-7-9-16)25-27(4)22(18)30-19/h5-9,12-13H,10-11,14H2,1-4H3,(H,23,24). The molecule has 30 heavy (non-hydrogen) atoms. The molecule has 0 aliphatic rings. The van der Waals surface area contributed by atoms with Crippen molar-refractivity contribution in [3.8, 4) is 11.3 Å². The summed E-state index contributed by atoms with van der Waals surface area (Å²) >= 11 is 1.50. The number of aryl methyl sites for hydroxylation is 2. The van der Waals surface area contributed by atoms with Gasteiger partial charge in [-0.3, -0.25) is 9.48 Å². The number of fused-ring (bicyclic) bond motifs is 1. The Labute approximate surface area is 180 Å². The minimum atomic E-state index is 0.0318. The van der Waals surface area contributed by atoms with Gasteiger partial charge in [-0.25, -0.2) is 4.98 Å². The van der Waals surface area contributed by atoms with Gasteiger partial charge in [0.05, 0.1) is 23.3 Å². The Balaban J connectivity index is 1.66. The molecule has 3 aromatic heterocycles. The third-order valence-electron chi connectivity index (χ3n) is 4.99. The van der Waals surface area contributed by atoms with Crippen LogP contribution in [0.15, 0.2) is 42.6 Å². The number of hydrogen-bond acceptors (Lipinski definition) is 5. The Hall–Kier alpha value is -2.97. The highest BCUT2D eigenvalue weighted by Crippen LogP contribution is 2.34. The van der Waals surface area contributed by atoms with E-state index >= 15 is 0 Å². The van der Waals surface area contributed by atoms with E-state index in [1.54, 1.807) is 6.20 Å². The smallest absolute Gasteiger partial charge is 0.264 e. The predicted octanol–water partition coefficient (Wildman–Crippen LogP) is 3.54. The van der Waals surface area contributed by atoms with E-state index in [1.807, 2.05) is 74.0 Å². The van der Waals surface area contributed by atoms with Crippen LogP contribution in [0.1, 0.15) is 21.2 Å². The SMILES string of the molecule is Cc1ncc(CN(CCN(C)C)C(=O)c2cc3c(-c4ccccc4)nn(C)c3s2)[nH]1. The first kappa shape index (κ1) is 20.3. The number of thiophene rings is 1. The van der Waals surface area contributed by atoms with Gasteiger partial charge in [0, 0.05) is 31.1 Å². The van der Waals surface area contributed by atoms with Crippen LogP contribution in [0.4, 0.5) is 0 Å². The van der Waals surface area contributed by atoms with Crippen LogP contribution in [0.25, 0.3) is 21.5 Å². The molecule has 1 aromatic carbocycles. The first-order chi connectivity index (χ1) is 14.4. The minimum Gasteiger partial charge on any atom is -0.345 e. The maximum atomic E-state index is 13.4. The molecule has 0 radical (unpaired) electrons. The topological polar surface area (TPSA) is 70.1 Å². The van der Waals surface area contributed by atoms with Gasteiger partial charge in [0.2, 0.25) is 0 Å². The molecule has 4 rings (SSSR count). The Morgan fingerprint density at radius 1 is 1.20 bits per heavy atom. The van der Waals surface area contributed by atoms with Gasteiger partial charge in [-0.1, -0.05) is 30.3 Å². The summed E-state index contributed by atoms with van der Waals surface area (Å²) in [7, 11) is 5.96. The van der Waals surface area contributed by atoms with E-state index in [2.05, 4.69) is 20.0 Å². The van der Waals surface area contributed by atoms with Crippen molar-refractivity contribution in [3.05, 3.63) is 59.0 Å². The maximum absolute atomic E-state index is 13.4. The van der Waals surface area contributed by atoms with Gasteiger partial charge in [0.1, 0.15) is 16.3 Å². The van der Waals surface area contributed by atoms with Crippen molar-refractivity contribution in [2.24, 2.45) is 7.05 Å². The van der Waals surface area contributed by atoms with Crippen molar-refractivity contribution in [1.82, 2.24) is 29.5 Å². The zero-order valence-corrected chi connectivity index (χ0v) is 18.5. The first-order valence-electron chi connectivity index (χ1n) is 9.89. The predicted molar refractivity (Wildman–Crippen MR) is 121 cm³/mol. The molecule has 0 saturated carbocycles. The number of benzene rings is 1. The lowest BCUT2D eigenvalue weighted by molar-refractivity contribution is 0.0735. The summed E-state index contributed by atoms with van der Waals surface area (Å²) in [5, 5.41) is 5.69. The van der Waals surface area contributed by atoms with Gasteiger partial charge in [-0.15, -0.1) is 11.3 Å². The van der Waals surface area contributed by atoms with E-state index in [0.29, 0.717) is 13.1 Å². The van der Waals surface area contributed by atoms with Gasteiger partial charge in [-0.2, -0.15) is 5.10 Å². The van der Waals surface area contributed by atoms with E-state index in [1.165, 1.54) is 11.3 Å². The summed E-state index contributed by atoms with van der Waals surface area (Å²) in [6.07, 6.45) is 1.80. The van der Waals surface area contributed by atoms with Crippen LogP contribution in [0.3, 0.4) is 0 Å². The number of likely N-dealkylation sites (N-methyl/N-ethyl adjacent to an activating group) is 1. The number of nitrogens with one attached hydrogen (secondary N) is 1. The fourth-order valence-electron chi connectivity index (χ4n) is 3.44. The largest absolute Gasteiger partial charge is 0.345 e. The second-order valence-electron chi connectivity index (χ2n) is 7.69. The highest BCUT2D eigenvalue weighted by atomic mass is 32.1. The van der Waals surface area contributed by atoms with Crippen molar-refractivity contribution >= 4 is 27.5 Å². The molecule has 0 atom stereocenters. The molecule has 1 N–H and O–H groups in total. The number of carbonyl (C=O) groups excluding carboxylic acids is 1. The van der Waals surface area contributed by atoms with E-state index in [-0.39, 0.29) is 5.91 Å². The van der Waals surface area contributed by atoms with E-state index < -0.39 is 0 Å². The number of rotatable bonds is 7. The van der Waals surface area contributed by atoms with Gasteiger partial charge in [0.25, 0.3) is 5.91 Å². The Bertz CT molecular complexity index is 1160. The molecule has 0 bridgehead atoms. The fraction of sp³-hybridized carbons (Fsp3) is 0.318. The Morgan fingerprint density at radius 3 is 2.63 bits per heavy atom. The number of imidazole rings is 1. The molecular weight excluding hydrogens is 396 g/mol. The fourth-order valence-corrected chi connectivity index (χ4v) is 4.48. The lowest BCUT2D eigenvalue weighted by Gasteiger charge is -2.23. The number of nitrogens with zero attached hydrogens (tertiary/aromatic N) is 5. The summed E-state index contributed by atoms with van der Waals surface area (Å²) < 4.78 is 1.86. The second kappa shape index (κ2) is 8.41. The molecule has 0 fully saturated rings. The zero-order chi connectivity index (χ0) is 21.3. The molecule has 8 heteroatoms. The third kappa shape index (κ3) is 4.15. The summed E-state index contributed by atoms with van der Waals surface area (Å²) in [6.45, 7) is 3.85. The van der Waals surface area contributed by atoms with Crippen molar-refractivity contribution in [2.75, 3.05) is 27.2 Å². The number of aromatic nitrogens is 4. The molecule has 3 heterocycles. The molecule has 0 aliphatic carbocycles. The summed E-state index contributed by atoms with van der Waals surface area (Å²) in [4.78, 5) is 26.6. The normalized spacial score (nSPS) is 11.5. The molecule has 7 nitrogen and oxygen atoms in total. The number of H-pyrrole nitrogens is 1. The number of carbonyl (C=O) groups is 1. The molecule has 0 aliphatic heterocycles. The molecule has 1 amide bonds. The van der Waals surface area contributed by atoms with E-state index in [4.69, 9.17) is 0 Å².